The summed E-state index contributed by atoms with van der Waals surface area (Å²) in [7, 11) is 4.07. The molecule has 1 aliphatic carbocycles. The number of amides is 2. The number of aromatic carboxylic acids is 1. The molecule has 1 saturated heterocycles. The van der Waals surface area contributed by atoms with Gasteiger partial charge in [-0.15, -0.1) is 11.3 Å². The Balaban J connectivity index is 1.21. The Morgan fingerprint density at radius 1 is 0.958 bits per heavy atom. The summed E-state index contributed by atoms with van der Waals surface area (Å²) in [4.78, 5) is 47.0. The van der Waals surface area contributed by atoms with E-state index in [2.05, 4.69) is 39.3 Å². The molecule has 10 heteroatoms. The van der Waals surface area contributed by atoms with Gasteiger partial charge in [-0.05, 0) is 105 Å². The summed E-state index contributed by atoms with van der Waals surface area (Å²) < 4.78 is 3.02. The first-order valence-corrected chi connectivity index (χ1v) is 17.6. The largest absolute Gasteiger partial charge is 0.477 e. The number of carbonyl (C=O) groups is 3. The van der Waals surface area contributed by atoms with E-state index in [1.165, 1.54) is 36.2 Å². The summed E-state index contributed by atoms with van der Waals surface area (Å²) in [5.41, 5.74) is 4.98. The van der Waals surface area contributed by atoms with Crippen LogP contribution in [0.25, 0.3) is 32.4 Å². The zero-order valence-corrected chi connectivity index (χ0v) is 28.5. The Kier molecular flexibility index (Phi) is 8.55. The van der Waals surface area contributed by atoms with Gasteiger partial charge in [0.25, 0.3) is 5.91 Å². The number of carbonyl (C=O) groups excluding carboxylic acids is 2. The second-order valence-corrected chi connectivity index (χ2v) is 14.5. The normalized spacial score (nSPS) is 17.1. The third-order valence-electron chi connectivity index (χ3n) is 10.4. The maximum absolute atomic E-state index is 14.1. The molecule has 0 unspecified atom stereocenters. The Morgan fingerprint density at radius 3 is 2.44 bits per heavy atom. The molecule has 0 atom stereocenters. The lowest BCUT2D eigenvalue weighted by atomic mass is 9.82. The molecule has 9 nitrogen and oxygen atoms in total. The average Bonchev–Trinajstić information content (AvgIpc) is 3.59. The molecular formula is C38H41N5O4S. The van der Waals surface area contributed by atoms with E-state index < -0.39 is 11.5 Å². The summed E-state index contributed by atoms with van der Waals surface area (Å²) in [5.74, 6) is -1.07. The molecule has 2 amide bonds. The Labute approximate surface area is 284 Å². The molecule has 0 spiro atoms. The average molecular weight is 664 g/mol. The Bertz CT molecular complexity index is 2030. The molecular weight excluding hydrogens is 623 g/mol. The second kappa shape index (κ2) is 12.8. The molecule has 0 bridgehead atoms. The first-order valence-electron chi connectivity index (χ1n) is 16.8. The number of likely N-dealkylation sites (tertiary alicyclic amines) is 1. The van der Waals surface area contributed by atoms with Crippen molar-refractivity contribution < 1.29 is 19.5 Å². The molecule has 1 saturated carbocycles. The van der Waals surface area contributed by atoms with Gasteiger partial charge in [0.2, 0.25) is 5.91 Å². The summed E-state index contributed by atoms with van der Waals surface area (Å²) in [6, 6.07) is 17.4. The first kappa shape index (κ1) is 32.0. The highest BCUT2D eigenvalue weighted by atomic mass is 32.1. The van der Waals surface area contributed by atoms with Crippen LogP contribution in [0.1, 0.15) is 82.0 Å². The van der Waals surface area contributed by atoms with Crippen molar-refractivity contribution in [1.29, 1.82) is 0 Å². The molecule has 48 heavy (non-hydrogen) atoms. The van der Waals surface area contributed by atoms with Crippen LogP contribution < -0.4 is 10.6 Å². The number of carboxylic acid groups (broad SMARTS) is 1. The number of pyridine rings is 1. The lowest BCUT2D eigenvalue weighted by Crippen LogP contribution is -2.61. The maximum Gasteiger partial charge on any atom is 0.346 e. The van der Waals surface area contributed by atoms with Gasteiger partial charge in [0, 0.05) is 53.2 Å². The number of fused-ring (bicyclic) bond motifs is 2. The van der Waals surface area contributed by atoms with E-state index in [1.807, 2.05) is 49.6 Å². The van der Waals surface area contributed by atoms with E-state index in [9.17, 15) is 19.5 Å². The Morgan fingerprint density at radius 2 is 1.73 bits per heavy atom. The zero-order chi connectivity index (χ0) is 33.6. The zero-order valence-electron chi connectivity index (χ0n) is 27.6. The predicted molar refractivity (Wildman–Crippen MR) is 191 cm³/mol. The molecule has 2 aromatic carbocycles. The lowest BCUT2D eigenvalue weighted by molar-refractivity contribution is -0.123. The quantitative estimate of drug-likeness (QED) is 0.168. The van der Waals surface area contributed by atoms with Crippen molar-refractivity contribution in [3.05, 3.63) is 82.4 Å². The van der Waals surface area contributed by atoms with Crippen LogP contribution in [-0.4, -0.2) is 63.0 Å². The first-order chi connectivity index (χ1) is 23.1. The molecule has 2 aliphatic rings. The highest BCUT2D eigenvalue weighted by Gasteiger charge is 2.42. The molecule has 2 fully saturated rings. The van der Waals surface area contributed by atoms with Gasteiger partial charge >= 0.3 is 5.97 Å². The minimum absolute atomic E-state index is 0.272. The lowest BCUT2D eigenvalue weighted by Gasteiger charge is -2.40. The fourth-order valence-electron chi connectivity index (χ4n) is 7.68. The van der Waals surface area contributed by atoms with Crippen LogP contribution in [0.2, 0.25) is 0 Å². The number of rotatable bonds is 7. The van der Waals surface area contributed by atoms with Gasteiger partial charge in [-0.25, -0.2) is 4.79 Å². The van der Waals surface area contributed by atoms with Crippen LogP contribution >= 0.6 is 11.3 Å². The molecule has 0 radical (unpaired) electrons. The van der Waals surface area contributed by atoms with E-state index >= 15 is 0 Å². The van der Waals surface area contributed by atoms with Crippen LogP contribution in [0.5, 0.6) is 0 Å². The van der Waals surface area contributed by atoms with Gasteiger partial charge in [-0.2, -0.15) is 0 Å². The monoisotopic (exact) mass is 663 g/mol. The maximum atomic E-state index is 14.1. The van der Waals surface area contributed by atoms with Crippen molar-refractivity contribution in [2.75, 3.05) is 25.5 Å². The molecule has 5 aromatic rings. The van der Waals surface area contributed by atoms with Gasteiger partial charge in [-0.3, -0.25) is 14.6 Å². The van der Waals surface area contributed by atoms with Gasteiger partial charge in [-0.1, -0.05) is 31.4 Å². The van der Waals surface area contributed by atoms with Crippen molar-refractivity contribution in [1.82, 2.24) is 19.8 Å². The van der Waals surface area contributed by atoms with Crippen molar-refractivity contribution in [2.45, 2.75) is 63.3 Å². The SMILES string of the molecule is Cc1c(C(=O)O)sc2ccc(NC(=O)C3(NC(=O)c4ccc5c(C6CCCCC6)c(-c6ccccn6)n(C)c5c4)CCN(C)CC3)cc12. The number of hydrogen-bond acceptors (Lipinski definition) is 6. The standard InChI is InChI=1S/C38H41N5O4S/c1-23-28-22-26(13-15-31(28)48-34(23)36(45)46)40-37(47)38(16-19-42(2)20-17-38)41-35(44)25-12-14-27-30(21-25)43(3)33(29-11-7-8-18-39-29)32(27)24-9-5-4-6-10-24/h7-8,11-15,18,21-22,24H,4-6,9-10,16-17,19-20H2,1-3H3,(H,40,47)(H,41,44)(H,45,46). The minimum Gasteiger partial charge on any atom is -0.477 e. The molecule has 248 valence electrons. The number of aryl methyl sites for hydroxylation is 2. The number of aromatic nitrogens is 2. The number of thiophene rings is 1. The van der Waals surface area contributed by atoms with Crippen LogP contribution in [0.3, 0.4) is 0 Å². The van der Waals surface area contributed by atoms with Crippen LogP contribution in [-0.2, 0) is 11.8 Å². The third kappa shape index (κ3) is 5.77. The van der Waals surface area contributed by atoms with Crippen molar-refractivity contribution in [3.8, 4) is 11.4 Å². The van der Waals surface area contributed by atoms with Gasteiger partial charge in [0.05, 0.1) is 11.4 Å². The van der Waals surface area contributed by atoms with Crippen molar-refractivity contribution >= 4 is 55.8 Å². The fraction of sp³-hybridized carbons (Fsp3) is 0.368. The predicted octanol–water partition coefficient (Wildman–Crippen LogP) is 7.34. The molecule has 3 N–H and O–H groups in total. The number of benzene rings is 2. The second-order valence-electron chi connectivity index (χ2n) is 13.5. The molecule has 1 aliphatic heterocycles. The number of piperidine rings is 1. The fourth-order valence-corrected chi connectivity index (χ4v) is 8.70. The summed E-state index contributed by atoms with van der Waals surface area (Å²) >= 11 is 1.22. The summed E-state index contributed by atoms with van der Waals surface area (Å²) in [5, 5.41) is 17.8. The van der Waals surface area contributed by atoms with Gasteiger partial charge in [0.1, 0.15) is 10.4 Å². The van der Waals surface area contributed by atoms with Crippen LogP contribution in [0.4, 0.5) is 5.69 Å². The molecule has 3 aromatic heterocycles. The van der Waals surface area contributed by atoms with Crippen molar-refractivity contribution in [3.63, 3.8) is 0 Å². The van der Waals surface area contributed by atoms with Crippen LogP contribution in [0.15, 0.2) is 60.8 Å². The number of nitrogens with one attached hydrogen (secondary N) is 2. The number of hydrogen-bond donors (Lipinski definition) is 3. The highest BCUT2D eigenvalue weighted by Crippen LogP contribution is 2.43. The Hall–Kier alpha value is -4.54. The highest BCUT2D eigenvalue weighted by molar-refractivity contribution is 7.21. The number of carboxylic acids is 1. The van der Waals surface area contributed by atoms with E-state index in [4.69, 9.17) is 4.98 Å². The van der Waals surface area contributed by atoms with E-state index in [-0.39, 0.29) is 11.8 Å². The van der Waals surface area contributed by atoms with E-state index in [0.29, 0.717) is 53.5 Å². The summed E-state index contributed by atoms with van der Waals surface area (Å²) in [6.07, 6.45) is 8.75. The third-order valence-corrected chi connectivity index (χ3v) is 11.7. The number of anilines is 1. The van der Waals surface area contributed by atoms with Gasteiger partial charge < -0.3 is 25.2 Å². The topological polar surface area (TPSA) is 117 Å². The van der Waals surface area contributed by atoms with Gasteiger partial charge in [0.15, 0.2) is 0 Å². The van der Waals surface area contributed by atoms with Crippen molar-refractivity contribution in [2.24, 2.45) is 7.05 Å². The minimum atomic E-state index is -1.11. The molecule has 4 heterocycles. The van der Waals surface area contributed by atoms with E-state index in [0.717, 1.165) is 45.2 Å². The smallest absolute Gasteiger partial charge is 0.346 e. The van der Waals surface area contributed by atoms with E-state index in [1.54, 1.807) is 13.0 Å². The number of nitrogens with zero attached hydrogens (tertiary/aromatic N) is 3. The molecule has 7 rings (SSSR count). The summed E-state index contributed by atoms with van der Waals surface area (Å²) in [6.45, 7) is 3.11. The van der Waals surface area contributed by atoms with Crippen LogP contribution in [0, 0.1) is 6.92 Å².